The topological polar surface area (TPSA) is 93.4 Å². The molecule has 8 nitrogen and oxygen atoms in total. The van der Waals surface area contributed by atoms with Crippen molar-refractivity contribution < 1.29 is 14.6 Å². The molecule has 3 heterocycles. The average Bonchev–Trinajstić information content (AvgIpc) is 2.98. The Labute approximate surface area is 114 Å². The first-order valence-corrected chi connectivity index (χ1v) is 6.16. The quantitative estimate of drug-likeness (QED) is 0.855. The highest BCUT2D eigenvalue weighted by Crippen LogP contribution is 2.15. The molecule has 0 aliphatic carbocycles. The molecule has 1 fully saturated rings. The summed E-state index contributed by atoms with van der Waals surface area (Å²) in [6.07, 6.45) is 4.31. The Balaban J connectivity index is 1.87. The van der Waals surface area contributed by atoms with Gasteiger partial charge < -0.3 is 14.7 Å². The zero-order valence-electron chi connectivity index (χ0n) is 10.6. The van der Waals surface area contributed by atoms with E-state index in [2.05, 4.69) is 19.9 Å². The molecule has 1 aliphatic heterocycles. The molecule has 1 aliphatic rings. The van der Waals surface area contributed by atoms with Gasteiger partial charge >= 0.3 is 5.97 Å². The Morgan fingerprint density at radius 2 is 1.95 bits per heavy atom. The summed E-state index contributed by atoms with van der Waals surface area (Å²) in [4.78, 5) is 25.1. The third-order valence-corrected chi connectivity index (χ3v) is 3.04. The van der Waals surface area contributed by atoms with Gasteiger partial charge in [0.15, 0.2) is 5.69 Å². The molecule has 1 saturated heterocycles. The number of ether oxygens (including phenoxy) is 1. The van der Waals surface area contributed by atoms with Crippen LogP contribution in [0.5, 0.6) is 0 Å². The molecule has 0 bridgehead atoms. The van der Waals surface area contributed by atoms with Crippen molar-refractivity contribution in [1.82, 2.24) is 19.5 Å². The molecule has 0 aromatic carbocycles. The van der Waals surface area contributed by atoms with Crippen molar-refractivity contribution in [3.05, 3.63) is 30.6 Å². The standard InChI is InChI=1S/C12H13N5O3/c18-12(19)9-6-17(8-15-9)11-5-10(13-7-14-11)16-1-3-20-4-2-16/h5-8H,1-4H2,(H,18,19). The lowest BCUT2D eigenvalue weighted by Crippen LogP contribution is -2.36. The third-order valence-electron chi connectivity index (χ3n) is 3.04. The molecule has 3 rings (SSSR count). The molecule has 0 spiro atoms. The highest BCUT2D eigenvalue weighted by atomic mass is 16.5. The van der Waals surface area contributed by atoms with Crippen molar-refractivity contribution >= 4 is 11.8 Å². The Morgan fingerprint density at radius 1 is 1.20 bits per heavy atom. The average molecular weight is 275 g/mol. The van der Waals surface area contributed by atoms with Crippen molar-refractivity contribution in [2.24, 2.45) is 0 Å². The first-order valence-electron chi connectivity index (χ1n) is 6.16. The predicted octanol–water partition coefficient (Wildman–Crippen LogP) is 0.197. The minimum atomic E-state index is -1.06. The molecule has 2 aromatic heterocycles. The first-order chi connectivity index (χ1) is 9.74. The van der Waals surface area contributed by atoms with E-state index < -0.39 is 5.97 Å². The van der Waals surface area contributed by atoms with Crippen molar-refractivity contribution in [2.75, 3.05) is 31.2 Å². The molecule has 2 aromatic rings. The van der Waals surface area contributed by atoms with Gasteiger partial charge in [0.1, 0.15) is 24.3 Å². The lowest BCUT2D eigenvalue weighted by Gasteiger charge is -2.27. The van der Waals surface area contributed by atoms with Gasteiger partial charge in [-0.2, -0.15) is 0 Å². The highest BCUT2D eigenvalue weighted by molar-refractivity contribution is 5.85. The van der Waals surface area contributed by atoms with Crippen LogP contribution >= 0.6 is 0 Å². The number of hydrogen-bond acceptors (Lipinski definition) is 6. The highest BCUT2D eigenvalue weighted by Gasteiger charge is 2.14. The van der Waals surface area contributed by atoms with Crippen molar-refractivity contribution in [2.45, 2.75) is 0 Å². The fraction of sp³-hybridized carbons (Fsp3) is 0.333. The predicted molar refractivity (Wildman–Crippen MR) is 69.1 cm³/mol. The smallest absolute Gasteiger partial charge is 0.356 e. The third kappa shape index (κ3) is 2.45. The van der Waals surface area contributed by atoms with Crippen LogP contribution in [0.4, 0.5) is 5.82 Å². The number of carboxylic acids is 1. The van der Waals surface area contributed by atoms with E-state index >= 15 is 0 Å². The molecule has 0 radical (unpaired) electrons. The van der Waals surface area contributed by atoms with E-state index in [1.54, 1.807) is 10.6 Å². The van der Waals surface area contributed by atoms with E-state index in [0.717, 1.165) is 18.9 Å². The van der Waals surface area contributed by atoms with Gasteiger partial charge in [-0.15, -0.1) is 0 Å². The number of aromatic carboxylic acids is 1. The van der Waals surface area contributed by atoms with Gasteiger partial charge in [0, 0.05) is 25.4 Å². The minimum Gasteiger partial charge on any atom is -0.476 e. The van der Waals surface area contributed by atoms with Gasteiger partial charge in [0.2, 0.25) is 0 Å². The van der Waals surface area contributed by atoms with Crippen LogP contribution in [0, 0.1) is 0 Å². The van der Waals surface area contributed by atoms with Gasteiger partial charge in [-0.25, -0.2) is 19.7 Å². The molecule has 0 saturated carbocycles. The molecule has 20 heavy (non-hydrogen) atoms. The molecular weight excluding hydrogens is 262 g/mol. The van der Waals surface area contributed by atoms with Crippen LogP contribution in [-0.2, 0) is 4.74 Å². The Morgan fingerprint density at radius 3 is 2.65 bits per heavy atom. The molecule has 8 heteroatoms. The lowest BCUT2D eigenvalue weighted by molar-refractivity contribution is 0.0691. The summed E-state index contributed by atoms with van der Waals surface area (Å²) in [6.45, 7) is 2.91. The zero-order chi connectivity index (χ0) is 13.9. The number of nitrogens with zero attached hydrogens (tertiary/aromatic N) is 5. The van der Waals surface area contributed by atoms with Crippen LogP contribution in [0.25, 0.3) is 5.82 Å². The van der Waals surface area contributed by atoms with Crippen LogP contribution in [-0.4, -0.2) is 56.9 Å². The van der Waals surface area contributed by atoms with Crippen LogP contribution in [0.3, 0.4) is 0 Å². The van der Waals surface area contributed by atoms with E-state index in [4.69, 9.17) is 9.84 Å². The summed E-state index contributed by atoms with van der Waals surface area (Å²) < 4.78 is 6.86. The van der Waals surface area contributed by atoms with Crippen LogP contribution in [0.1, 0.15) is 10.5 Å². The number of hydrogen-bond donors (Lipinski definition) is 1. The van der Waals surface area contributed by atoms with E-state index in [0.29, 0.717) is 19.0 Å². The number of anilines is 1. The van der Waals surface area contributed by atoms with Gasteiger partial charge in [0.25, 0.3) is 0 Å². The molecule has 0 atom stereocenters. The van der Waals surface area contributed by atoms with Gasteiger partial charge in [0.05, 0.1) is 13.2 Å². The molecule has 0 unspecified atom stereocenters. The summed E-state index contributed by atoms with van der Waals surface area (Å²) >= 11 is 0. The fourth-order valence-corrected chi connectivity index (χ4v) is 2.00. The number of carboxylic acid groups (broad SMARTS) is 1. The van der Waals surface area contributed by atoms with E-state index in [1.165, 1.54) is 18.9 Å². The summed E-state index contributed by atoms with van der Waals surface area (Å²) in [7, 11) is 0. The number of imidazole rings is 1. The fourth-order valence-electron chi connectivity index (χ4n) is 2.00. The number of carbonyl (C=O) groups is 1. The number of morpholine rings is 1. The monoisotopic (exact) mass is 275 g/mol. The Kier molecular flexibility index (Phi) is 3.30. The maximum absolute atomic E-state index is 10.8. The molecule has 1 N–H and O–H groups in total. The summed E-state index contributed by atoms with van der Waals surface area (Å²) in [5, 5.41) is 8.87. The van der Waals surface area contributed by atoms with E-state index in [-0.39, 0.29) is 5.69 Å². The first kappa shape index (κ1) is 12.5. The van der Waals surface area contributed by atoms with Gasteiger partial charge in [-0.05, 0) is 0 Å². The maximum Gasteiger partial charge on any atom is 0.356 e. The maximum atomic E-state index is 10.8. The molecule has 104 valence electrons. The summed E-state index contributed by atoms with van der Waals surface area (Å²) in [5.41, 5.74) is -0.0171. The summed E-state index contributed by atoms with van der Waals surface area (Å²) in [5.74, 6) is 0.316. The molecule has 0 amide bonds. The van der Waals surface area contributed by atoms with E-state index in [9.17, 15) is 4.79 Å². The largest absolute Gasteiger partial charge is 0.476 e. The normalized spacial score (nSPS) is 15.3. The Bertz CT molecular complexity index is 621. The van der Waals surface area contributed by atoms with Crippen molar-refractivity contribution in [3.63, 3.8) is 0 Å². The van der Waals surface area contributed by atoms with Crippen LogP contribution < -0.4 is 4.90 Å². The van der Waals surface area contributed by atoms with Crippen molar-refractivity contribution in [1.29, 1.82) is 0 Å². The summed E-state index contributed by atoms with van der Waals surface area (Å²) in [6, 6.07) is 1.80. The van der Waals surface area contributed by atoms with Gasteiger partial charge in [-0.1, -0.05) is 0 Å². The molecular formula is C12H13N5O3. The van der Waals surface area contributed by atoms with Crippen molar-refractivity contribution in [3.8, 4) is 5.82 Å². The SMILES string of the molecule is O=C(O)c1cn(-c2cc(N3CCOCC3)ncn2)cn1. The Hall–Kier alpha value is -2.48. The second-order valence-corrected chi connectivity index (χ2v) is 4.31. The zero-order valence-corrected chi connectivity index (χ0v) is 10.6. The van der Waals surface area contributed by atoms with Gasteiger partial charge in [-0.3, -0.25) is 4.57 Å². The number of aromatic nitrogens is 4. The van der Waals surface area contributed by atoms with Crippen LogP contribution in [0.15, 0.2) is 24.9 Å². The minimum absolute atomic E-state index is 0.0171. The van der Waals surface area contributed by atoms with Crippen LogP contribution in [0.2, 0.25) is 0 Å². The second kappa shape index (κ2) is 5.25. The lowest BCUT2D eigenvalue weighted by atomic mass is 10.4. The number of rotatable bonds is 3. The van der Waals surface area contributed by atoms with E-state index in [1.807, 2.05) is 0 Å². The second-order valence-electron chi connectivity index (χ2n) is 4.31.